The number of hydrogen-bond donors (Lipinski definition) is 2. The van der Waals surface area contributed by atoms with Crippen molar-refractivity contribution in [2.45, 2.75) is 0 Å². The summed E-state index contributed by atoms with van der Waals surface area (Å²) in [6, 6.07) is 9.68. The van der Waals surface area contributed by atoms with Gasteiger partial charge in [-0.1, -0.05) is 6.07 Å². The number of nitrogens with zero attached hydrogens (tertiary/aromatic N) is 7. The minimum absolute atomic E-state index is 0.622. The monoisotopic (exact) mass is 393 g/mol. The van der Waals surface area contributed by atoms with Crippen molar-refractivity contribution in [3.05, 3.63) is 61.3 Å². The Hall–Kier alpha value is -4.40. The number of fused-ring (bicyclic) bond motifs is 2. The molecule has 0 bridgehead atoms. The zero-order valence-corrected chi connectivity index (χ0v) is 15.9. The number of imidazole rings is 1. The molecule has 0 saturated carbocycles. The van der Waals surface area contributed by atoms with E-state index in [1.54, 1.807) is 29.5 Å². The van der Waals surface area contributed by atoms with Gasteiger partial charge in [0.25, 0.3) is 0 Å². The second-order valence-electron chi connectivity index (χ2n) is 6.95. The van der Waals surface area contributed by atoms with Crippen LogP contribution in [0.5, 0.6) is 0 Å². The van der Waals surface area contributed by atoms with Crippen LogP contribution in [0.3, 0.4) is 0 Å². The number of aromatic amines is 2. The number of hydrogen-bond acceptors (Lipinski definition) is 6. The van der Waals surface area contributed by atoms with Gasteiger partial charge in [-0.15, -0.1) is 0 Å². The lowest BCUT2D eigenvalue weighted by Crippen LogP contribution is -1.87. The molecule has 6 aromatic heterocycles. The highest BCUT2D eigenvalue weighted by Crippen LogP contribution is 2.30. The van der Waals surface area contributed by atoms with E-state index in [4.69, 9.17) is 9.97 Å². The van der Waals surface area contributed by atoms with Crippen molar-refractivity contribution in [1.82, 2.24) is 44.9 Å². The van der Waals surface area contributed by atoms with E-state index in [0.717, 1.165) is 44.6 Å². The minimum atomic E-state index is 0.622. The maximum atomic E-state index is 4.81. The molecule has 0 fully saturated rings. The van der Waals surface area contributed by atoms with E-state index < -0.39 is 0 Å². The number of pyridine rings is 3. The van der Waals surface area contributed by atoms with Crippen molar-refractivity contribution in [2.75, 3.05) is 0 Å². The van der Waals surface area contributed by atoms with Crippen LogP contribution in [0.2, 0.25) is 0 Å². The van der Waals surface area contributed by atoms with Crippen LogP contribution in [0.1, 0.15) is 0 Å². The molecule has 144 valence electrons. The van der Waals surface area contributed by atoms with Crippen molar-refractivity contribution in [1.29, 1.82) is 0 Å². The van der Waals surface area contributed by atoms with E-state index in [0.29, 0.717) is 11.5 Å². The highest BCUT2D eigenvalue weighted by atomic mass is 15.2. The average Bonchev–Trinajstić information content (AvgIpc) is 3.50. The summed E-state index contributed by atoms with van der Waals surface area (Å²) < 4.78 is 1.75. The summed E-state index contributed by atoms with van der Waals surface area (Å²) in [6.07, 6.45) is 9.00. The first-order valence-electron chi connectivity index (χ1n) is 9.36. The largest absolute Gasteiger partial charge is 0.335 e. The molecule has 0 atom stereocenters. The summed E-state index contributed by atoms with van der Waals surface area (Å²) in [6.45, 7) is 0. The fourth-order valence-electron chi connectivity index (χ4n) is 3.53. The van der Waals surface area contributed by atoms with Gasteiger partial charge in [-0.3, -0.25) is 19.7 Å². The Labute approximate surface area is 169 Å². The van der Waals surface area contributed by atoms with Gasteiger partial charge >= 0.3 is 0 Å². The van der Waals surface area contributed by atoms with Crippen molar-refractivity contribution in [2.24, 2.45) is 7.05 Å². The fraction of sp³-hybridized carbons (Fsp3) is 0.0476. The van der Waals surface area contributed by atoms with Gasteiger partial charge in [0, 0.05) is 36.8 Å². The molecule has 0 aliphatic carbocycles. The fourth-order valence-corrected chi connectivity index (χ4v) is 3.53. The summed E-state index contributed by atoms with van der Waals surface area (Å²) in [4.78, 5) is 21.7. The van der Waals surface area contributed by atoms with Crippen LogP contribution in [-0.2, 0) is 7.05 Å². The molecule has 6 aromatic rings. The molecule has 0 aromatic carbocycles. The van der Waals surface area contributed by atoms with Crippen LogP contribution in [0.4, 0.5) is 0 Å². The van der Waals surface area contributed by atoms with E-state index in [2.05, 4.69) is 30.2 Å². The van der Waals surface area contributed by atoms with E-state index in [9.17, 15) is 0 Å². The van der Waals surface area contributed by atoms with Crippen LogP contribution < -0.4 is 0 Å². The van der Waals surface area contributed by atoms with E-state index in [-0.39, 0.29) is 0 Å². The van der Waals surface area contributed by atoms with E-state index in [1.165, 1.54) is 0 Å². The summed E-state index contributed by atoms with van der Waals surface area (Å²) in [5.74, 6) is 0.622. The molecule has 0 aliphatic rings. The molecule has 0 radical (unpaired) electrons. The van der Waals surface area contributed by atoms with Crippen LogP contribution >= 0.6 is 0 Å². The second kappa shape index (κ2) is 6.31. The Bertz CT molecular complexity index is 1510. The van der Waals surface area contributed by atoms with Crippen LogP contribution in [0.15, 0.2) is 61.3 Å². The van der Waals surface area contributed by atoms with Gasteiger partial charge in [0.1, 0.15) is 11.0 Å². The molecular weight excluding hydrogens is 378 g/mol. The third-order valence-electron chi connectivity index (χ3n) is 4.97. The Morgan fingerprint density at radius 1 is 0.900 bits per heavy atom. The second-order valence-corrected chi connectivity index (χ2v) is 6.95. The number of H-pyrrole nitrogens is 2. The molecule has 0 aliphatic heterocycles. The zero-order chi connectivity index (χ0) is 20.1. The topological polar surface area (TPSA) is 114 Å². The standard InChI is InChI=1S/C21H15N9/c1-30-11-12(8-24-30)14-5-6-16-19(25-14)20(29-28-16)21-26-17-10-22-9-13(18(17)27-21)15-4-2-3-7-23-15/h2-11H,1H3,(H,26,27)(H,28,29). The van der Waals surface area contributed by atoms with Crippen LogP contribution in [-0.4, -0.2) is 44.9 Å². The predicted molar refractivity (Wildman–Crippen MR) is 112 cm³/mol. The number of nitrogens with one attached hydrogen (secondary N) is 2. The zero-order valence-electron chi connectivity index (χ0n) is 15.9. The Morgan fingerprint density at radius 3 is 2.70 bits per heavy atom. The highest BCUT2D eigenvalue weighted by Gasteiger charge is 2.17. The number of aromatic nitrogens is 9. The van der Waals surface area contributed by atoms with Crippen molar-refractivity contribution in [3.8, 4) is 34.0 Å². The van der Waals surface area contributed by atoms with Gasteiger partial charge in [0.2, 0.25) is 0 Å². The molecule has 9 nitrogen and oxygen atoms in total. The van der Waals surface area contributed by atoms with Gasteiger partial charge in [-0.05, 0) is 24.3 Å². The Morgan fingerprint density at radius 2 is 1.87 bits per heavy atom. The van der Waals surface area contributed by atoms with E-state index >= 15 is 0 Å². The van der Waals surface area contributed by atoms with Crippen molar-refractivity contribution < 1.29 is 0 Å². The lowest BCUT2D eigenvalue weighted by Gasteiger charge is -1.99. The molecule has 6 heterocycles. The third kappa shape index (κ3) is 2.56. The van der Waals surface area contributed by atoms with Gasteiger partial charge < -0.3 is 4.98 Å². The number of aryl methyl sites for hydroxylation is 1. The van der Waals surface area contributed by atoms with Gasteiger partial charge in [-0.2, -0.15) is 10.2 Å². The van der Waals surface area contributed by atoms with Gasteiger partial charge in [0.05, 0.1) is 34.8 Å². The SMILES string of the molecule is Cn1cc(-c2ccc3[nH]nc(-c4nc5c(-c6ccccn6)cncc5[nH]4)c3n2)cn1. The molecule has 2 N–H and O–H groups in total. The molecule has 6 rings (SSSR count). The smallest absolute Gasteiger partial charge is 0.161 e. The normalized spacial score (nSPS) is 11.5. The highest BCUT2D eigenvalue weighted by molar-refractivity contribution is 5.95. The van der Waals surface area contributed by atoms with E-state index in [1.807, 2.05) is 43.6 Å². The molecular formula is C21H15N9. The van der Waals surface area contributed by atoms with Crippen LogP contribution in [0, 0.1) is 0 Å². The van der Waals surface area contributed by atoms with Crippen LogP contribution in [0.25, 0.3) is 56.1 Å². The maximum absolute atomic E-state index is 4.81. The van der Waals surface area contributed by atoms with Gasteiger partial charge in [-0.25, -0.2) is 9.97 Å². The molecule has 30 heavy (non-hydrogen) atoms. The lowest BCUT2D eigenvalue weighted by molar-refractivity contribution is 0.768. The summed E-state index contributed by atoms with van der Waals surface area (Å²) in [5.41, 5.74) is 7.27. The maximum Gasteiger partial charge on any atom is 0.161 e. The number of rotatable bonds is 3. The quantitative estimate of drug-likeness (QED) is 0.477. The van der Waals surface area contributed by atoms with Crippen molar-refractivity contribution >= 4 is 22.1 Å². The molecule has 0 spiro atoms. The Kier molecular flexibility index (Phi) is 3.48. The first-order chi connectivity index (χ1) is 14.8. The molecule has 0 saturated heterocycles. The first kappa shape index (κ1) is 16.5. The minimum Gasteiger partial charge on any atom is -0.335 e. The first-order valence-corrected chi connectivity index (χ1v) is 9.36. The lowest BCUT2D eigenvalue weighted by atomic mass is 10.1. The molecule has 0 unspecified atom stereocenters. The summed E-state index contributed by atoms with van der Waals surface area (Å²) in [5, 5.41) is 11.7. The Balaban J connectivity index is 1.52. The molecule has 0 amide bonds. The summed E-state index contributed by atoms with van der Waals surface area (Å²) >= 11 is 0. The third-order valence-corrected chi connectivity index (χ3v) is 4.97. The average molecular weight is 393 g/mol. The summed E-state index contributed by atoms with van der Waals surface area (Å²) in [7, 11) is 1.88. The predicted octanol–water partition coefficient (Wildman–Crippen LogP) is 3.36. The van der Waals surface area contributed by atoms with Gasteiger partial charge in [0.15, 0.2) is 11.5 Å². The molecule has 9 heteroatoms. The van der Waals surface area contributed by atoms with Crippen molar-refractivity contribution in [3.63, 3.8) is 0 Å².